The lowest BCUT2D eigenvalue weighted by Gasteiger charge is -2.07. The maximum absolute atomic E-state index is 12.5. The predicted molar refractivity (Wildman–Crippen MR) is 44.2 cm³/mol. The number of nitrogens with zero attached hydrogens (tertiary/aromatic N) is 1. The second-order valence-corrected chi connectivity index (χ2v) is 3.05. The van der Waals surface area contributed by atoms with E-state index in [-0.39, 0.29) is 5.82 Å². The van der Waals surface area contributed by atoms with E-state index >= 15 is 0 Å². The van der Waals surface area contributed by atoms with Crippen LogP contribution in [-0.4, -0.2) is 11.5 Å². The number of hydrogen-bond donors (Lipinski definition) is 1. The number of hydrogen-bond acceptors (Lipinski definition) is 2. The van der Waals surface area contributed by atoms with Crippen LogP contribution >= 0.6 is 0 Å². The van der Waals surface area contributed by atoms with Crippen LogP contribution in [0.4, 0.5) is 4.39 Å². The topological polar surface area (TPSA) is 24.9 Å². The van der Waals surface area contributed by atoms with Gasteiger partial charge in [0, 0.05) is 6.04 Å². The molecule has 64 valence electrons. The molecule has 1 atom stereocenters. The molecule has 0 amide bonds. The molecule has 1 fully saturated rings. The van der Waals surface area contributed by atoms with Crippen LogP contribution in [0.5, 0.6) is 0 Å². The molecule has 2 heterocycles. The van der Waals surface area contributed by atoms with Crippen molar-refractivity contribution in [2.75, 3.05) is 6.54 Å². The molecular weight excluding hydrogens is 155 g/mol. The zero-order valence-corrected chi connectivity index (χ0v) is 6.76. The van der Waals surface area contributed by atoms with Crippen LogP contribution in [0.25, 0.3) is 0 Å². The van der Waals surface area contributed by atoms with Crippen molar-refractivity contribution in [3.8, 4) is 0 Å². The van der Waals surface area contributed by atoms with Crippen LogP contribution in [0.2, 0.25) is 0 Å². The Morgan fingerprint density at radius 3 is 3.00 bits per heavy atom. The second kappa shape index (κ2) is 3.19. The first-order valence-corrected chi connectivity index (χ1v) is 4.21. The largest absolute Gasteiger partial charge is 0.309 e. The van der Waals surface area contributed by atoms with Crippen molar-refractivity contribution in [3.05, 3.63) is 29.8 Å². The summed E-state index contributed by atoms with van der Waals surface area (Å²) in [6, 6.07) is 3.55. The van der Waals surface area contributed by atoms with E-state index in [4.69, 9.17) is 0 Å². The van der Waals surface area contributed by atoms with Gasteiger partial charge in [-0.05, 0) is 31.5 Å². The lowest BCUT2D eigenvalue weighted by molar-refractivity contribution is 0.598. The van der Waals surface area contributed by atoms with Crippen molar-refractivity contribution in [2.45, 2.75) is 18.9 Å². The molecule has 0 radical (unpaired) electrons. The van der Waals surface area contributed by atoms with Crippen molar-refractivity contribution in [1.82, 2.24) is 10.3 Å². The maximum atomic E-state index is 12.5. The predicted octanol–water partition coefficient (Wildman–Crippen LogP) is 1.65. The van der Waals surface area contributed by atoms with E-state index in [1.165, 1.54) is 18.7 Å². The Morgan fingerprint density at radius 2 is 2.42 bits per heavy atom. The molecule has 1 aliphatic rings. The van der Waals surface area contributed by atoms with Crippen LogP contribution in [-0.2, 0) is 0 Å². The Balaban J connectivity index is 2.17. The molecule has 1 N–H and O–H groups in total. The summed E-state index contributed by atoms with van der Waals surface area (Å²) in [7, 11) is 0. The van der Waals surface area contributed by atoms with E-state index in [0.717, 1.165) is 18.7 Å². The van der Waals surface area contributed by atoms with Gasteiger partial charge in [-0.15, -0.1) is 0 Å². The number of nitrogens with one attached hydrogen (secondary N) is 1. The quantitative estimate of drug-likeness (QED) is 0.686. The van der Waals surface area contributed by atoms with E-state index in [1.54, 1.807) is 6.07 Å². The van der Waals surface area contributed by atoms with Crippen molar-refractivity contribution in [1.29, 1.82) is 0 Å². The first-order valence-electron chi connectivity index (χ1n) is 4.21. The molecular formula is C9H11FN2. The molecule has 0 aromatic carbocycles. The minimum atomic E-state index is -0.267. The Kier molecular flexibility index (Phi) is 2.04. The van der Waals surface area contributed by atoms with E-state index in [0.29, 0.717) is 6.04 Å². The molecule has 2 rings (SSSR count). The smallest absolute Gasteiger partial charge is 0.141 e. The summed E-state index contributed by atoms with van der Waals surface area (Å²) in [5.41, 5.74) is 0.953. The van der Waals surface area contributed by atoms with Gasteiger partial charge >= 0.3 is 0 Å². The highest BCUT2D eigenvalue weighted by atomic mass is 19.1. The molecule has 3 heteroatoms. The van der Waals surface area contributed by atoms with Gasteiger partial charge in [-0.1, -0.05) is 0 Å². The standard InChI is InChI=1S/C9H11FN2/c10-7-3-4-9(12-6-7)8-2-1-5-11-8/h3-4,6,8,11H,1-2,5H2. The zero-order chi connectivity index (χ0) is 8.39. The van der Waals surface area contributed by atoms with Crippen LogP contribution in [0.15, 0.2) is 18.3 Å². The molecule has 2 nitrogen and oxygen atoms in total. The third-order valence-corrected chi connectivity index (χ3v) is 2.17. The zero-order valence-electron chi connectivity index (χ0n) is 6.76. The van der Waals surface area contributed by atoms with Gasteiger partial charge in [0.25, 0.3) is 0 Å². The van der Waals surface area contributed by atoms with E-state index in [9.17, 15) is 4.39 Å². The minimum absolute atomic E-state index is 0.267. The highest BCUT2D eigenvalue weighted by molar-refractivity contribution is 5.10. The summed E-state index contributed by atoms with van der Waals surface area (Å²) < 4.78 is 12.5. The highest BCUT2D eigenvalue weighted by Gasteiger charge is 2.16. The van der Waals surface area contributed by atoms with Gasteiger partial charge < -0.3 is 5.32 Å². The number of halogens is 1. The fraction of sp³-hybridized carbons (Fsp3) is 0.444. The lowest BCUT2D eigenvalue weighted by Crippen LogP contribution is -2.13. The molecule has 0 saturated carbocycles. The van der Waals surface area contributed by atoms with Gasteiger partial charge in [0.2, 0.25) is 0 Å². The summed E-state index contributed by atoms with van der Waals surface area (Å²) in [4.78, 5) is 4.02. The van der Waals surface area contributed by atoms with Crippen LogP contribution in [0.1, 0.15) is 24.6 Å². The summed E-state index contributed by atoms with van der Waals surface area (Å²) in [5.74, 6) is -0.267. The fourth-order valence-corrected chi connectivity index (χ4v) is 1.53. The van der Waals surface area contributed by atoms with Crippen molar-refractivity contribution in [2.24, 2.45) is 0 Å². The molecule has 1 saturated heterocycles. The minimum Gasteiger partial charge on any atom is -0.309 e. The maximum Gasteiger partial charge on any atom is 0.141 e. The first-order chi connectivity index (χ1) is 5.86. The van der Waals surface area contributed by atoms with Gasteiger partial charge in [-0.2, -0.15) is 0 Å². The number of pyridine rings is 1. The summed E-state index contributed by atoms with van der Waals surface area (Å²) in [5, 5.41) is 3.31. The van der Waals surface area contributed by atoms with Crippen LogP contribution in [0, 0.1) is 5.82 Å². The molecule has 1 aromatic heterocycles. The molecule has 0 bridgehead atoms. The average molecular weight is 166 g/mol. The third kappa shape index (κ3) is 1.46. The molecule has 0 spiro atoms. The van der Waals surface area contributed by atoms with E-state index in [2.05, 4.69) is 10.3 Å². The van der Waals surface area contributed by atoms with Crippen molar-refractivity contribution >= 4 is 0 Å². The first kappa shape index (κ1) is 7.68. The normalized spacial score (nSPS) is 22.9. The van der Waals surface area contributed by atoms with Gasteiger partial charge in [0.1, 0.15) is 5.82 Å². The van der Waals surface area contributed by atoms with Crippen LogP contribution in [0.3, 0.4) is 0 Å². The van der Waals surface area contributed by atoms with E-state index < -0.39 is 0 Å². The molecule has 1 aliphatic heterocycles. The highest BCUT2D eigenvalue weighted by Crippen LogP contribution is 2.20. The van der Waals surface area contributed by atoms with Crippen molar-refractivity contribution < 1.29 is 4.39 Å². The van der Waals surface area contributed by atoms with Crippen molar-refractivity contribution in [3.63, 3.8) is 0 Å². The Labute approximate surface area is 70.8 Å². The summed E-state index contributed by atoms with van der Waals surface area (Å²) in [6.07, 6.45) is 3.57. The number of rotatable bonds is 1. The summed E-state index contributed by atoms with van der Waals surface area (Å²) >= 11 is 0. The van der Waals surface area contributed by atoms with Crippen LogP contribution < -0.4 is 5.32 Å². The summed E-state index contributed by atoms with van der Waals surface area (Å²) in [6.45, 7) is 1.05. The fourth-order valence-electron chi connectivity index (χ4n) is 1.53. The second-order valence-electron chi connectivity index (χ2n) is 3.05. The molecule has 1 unspecified atom stereocenters. The Bertz CT molecular complexity index is 252. The number of aromatic nitrogens is 1. The van der Waals surface area contributed by atoms with E-state index in [1.807, 2.05) is 0 Å². The third-order valence-electron chi connectivity index (χ3n) is 2.17. The lowest BCUT2D eigenvalue weighted by atomic mass is 10.1. The van der Waals surface area contributed by atoms with Gasteiger partial charge in [-0.25, -0.2) is 4.39 Å². The average Bonchev–Trinajstić information content (AvgIpc) is 2.58. The molecule has 1 aromatic rings. The van der Waals surface area contributed by atoms with Gasteiger partial charge in [0.05, 0.1) is 11.9 Å². The van der Waals surface area contributed by atoms with Gasteiger partial charge in [-0.3, -0.25) is 4.98 Å². The molecule has 12 heavy (non-hydrogen) atoms. The van der Waals surface area contributed by atoms with Gasteiger partial charge in [0.15, 0.2) is 0 Å². The Hall–Kier alpha value is -0.960. The Morgan fingerprint density at radius 1 is 1.50 bits per heavy atom. The monoisotopic (exact) mass is 166 g/mol. The SMILES string of the molecule is Fc1ccc(C2CCCN2)nc1. The molecule has 0 aliphatic carbocycles.